The van der Waals surface area contributed by atoms with E-state index in [0.717, 1.165) is 32.4 Å². The van der Waals surface area contributed by atoms with Crippen molar-refractivity contribution >= 4 is 17.5 Å². The molecule has 1 N–H and O–H groups in total. The zero-order valence-electron chi connectivity index (χ0n) is 18.9. The number of nitrogens with one attached hydrogen (secondary N) is 1. The highest BCUT2D eigenvalue weighted by atomic mass is 16.2. The van der Waals surface area contributed by atoms with Gasteiger partial charge in [0.25, 0.3) is 0 Å². The van der Waals surface area contributed by atoms with E-state index in [9.17, 15) is 9.59 Å². The van der Waals surface area contributed by atoms with Crippen molar-refractivity contribution in [2.24, 2.45) is 5.92 Å². The summed E-state index contributed by atoms with van der Waals surface area (Å²) in [5.41, 5.74) is 2.50. The van der Waals surface area contributed by atoms with Crippen LogP contribution in [0.25, 0.3) is 0 Å². The quantitative estimate of drug-likeness (QED) is 0.647. The van der Waals surface area contributed by atoms with Gasteiger partial charge in [-0.3, -0.25) is 9.59 Å². The van der Waals surface area contributed by atoms with Crippen LogP contribution in [0.1, 0.15) is 70.3 Å². The predicted octanol–water partition coefficient (Wildman–Crippen LogP) is 4.29. The Bertz CT molecular complexity index is 697. The van der Waals surface area contributed by atoms with Crippen LogP contribution < -0.4 is 10.2 Å². The number of rotatable bonds is 8. The van der Waals surface area contributed by atoms with E-state index in [-0.39, 0.29) is 17.7 Å². The number of nitrogens with zero attached hydrogens (tertiary/aromatic N) is 2. The molecule has 0 spiro atoms. The molecular weight excluding hydrogens is 374 g/mol. The molecular formula is C25H39N3O2. The predicted molar refractivity (Wildman–Crippen MR) is 123 cm³/mol. The molecule has 1 atom stereocenters. The first-order valence-electron chi connectivity index (χ1n) is 12.0. The molecule has 0 bridgehead atoms. The summed E-state index contributed by atoms with van der Waals surface area (Å²) in [6.07, 6.45) is 9.79. The van der Waals surface area contributed by atoms with Crippen molar-refractivity contribution in [3.05, 3.63) is 29.8 Å². The first kappa shape index (κ1) is 22.6. The molecule has 2 aliphatic rings. The third kappa shape index (κ3) is 6.23. The summed E-state index contributed by atoms with van der Waals surface area (Å²) in [6, 6.07) is 8.90. The fraction of sp³-hybridized carbons (Fsp3) is 0.680. The number of likely N-dealkylation sites (tertiary alicyclic amines) is 1. The highest BCUT2D eigenvalue weighted by Crippen LogP contribution is 2.27. The second-order valence-electron chi connectivity index (χ2n) is 9.01. The number of anilines is 1. The molecule has 0 radical (unpaired) electrons. The van der Waals surface area contributed by atoms with Gasteiger partial charge < -0.3 is 15.1 Å². The Morgan fingerprint density at radius 2 is 1.90 bits per heavy atom. The van der Waals surface area contributed by atoms with Gasteiger partial charge in [-0.1, -0.05) is 44.2 Å². The second-order valence-corrected chi connectivity index (χ2v) is 9.01. The van der Waals surface area contributed by atoms with Crippen molar-refractivity contribution < 1.29 is 9.59 Å². The molecule has 166 valence electrons. The lowest BCUT2D eigenvalue weighted by Gasteiger charge is -2.29. The van der Waals surface area contributed by atoms with Crippen LogP contribution in [0.2, 0.25) is 0 Å². The van der Waals surface area contributed by atoms with E-state index in [1.807, 2.05) is 4.90 Å². The lowest BCUT2D eigenvalue weighted by atomic mass is 9.96. The van der Waals surface area contributed by atoms with E-state index >= 15 is 0 Å². The van der Waals surface area contributed by atoms with Gasteiger partial charge in [0, 0.05) is 44.3 Å². The average Bonchev–Trinajstić information content (AvgIpc) is 3.09. The summed E-state index contributed by atoms with van der Waals surface area (Å²) >= 11 is 0. The molecule has 2 fully saturated rings. The maximum atomic E-state index is 12.7. The van der Waals surface area contributed by atoms with Gasteiger partial charge in [0.2, 0.25) is 11.8 Å². The number of amides is 2. The highest BCUT2D eigenvalue weighted by Gasteiger charge is 2.37. The molecule has 5 nitrogen and oxygen atoms in total. The molecule has 1 heterocycles. The van der Waals surface area contributed by atoms with Gasteiger partial charge in [-0.2, -0.15) is 0 Å². The van der Waals surface area contributed by atoms with Gasteiger partial charge in [-0.25, -0.2) is 0 Å². The minimum Gasteiger partial charge on any atom is -0.372 e. The molecule has 5 heteroatoms. The fourth-order valence-electron chi connectivity index (χ4n) is 4.93. The smallest absolute Gasteiger partial charge is 0.225 e. The van der Waals surface area contributed by atoms with Crippen molar-refractivity contribution in [2.45, 2.75) is 77.7 Å². The van der Waals surface area contributed by atoms with Crippen LogP contribution >= 0.6 is 0 Å². The van der Waals surface area contributed by atoms with Gasteiger partial charge in [-0.15, -0.1) is 0 Å². The third-order valence-electron chi connectivity index (χ3n) is 6.70. The Balaban J connectivity index is 1.42. The first-order chi connectivity index (χ1) is 14.6. The Morgan fingerprint density at radius 1 is 1.17 bits per heavy atom. The van der Waals surface area contributed by atoms with Crippen molar-refractivity contribution in [1.29, 1.82) is 0 Å². The molecule has 2 amide bonds. The van der Waals surface area contributed by atoms with Crippen LogP contribution in [0, 0.1) is 12.8 Å². The number of aryl methyl sites for hydroxylation is 1. The van der Waals surface area contributed by atoms with Crippen molar-refractivity contribution in [1.82, 2.24) is 10.2 Å². The summed E-state index contributed by atoms with van der Waals surface area (Å²) in [7, 11) is 0. The molecule has 1 saturated carbocycles. The maximum Gasteiger partial charge on any atom is 0.225 e. The lowest BCUT2D eigenvalue weighted by Crippen LogP contribution is -2.39. The molecule has 1 aliphatic carbocycles. The van der Waals surface area contributed by atoms with Crippen molar-refractivity contribution in [3.63, 3.8) is 0 Å². The largest absolute Gasteiger partial charge is 0.372 e. The SMILES string of the molecule is CCN(CCCNC(=O)C1CC(=O)N(C2CCCCCCC2)C1)c1cccc(C)c1. The normalized spacial score (nSPS) is 20.7. The van der Waals surface area contributed by atoms with Crippen LogP contribution in [0.5, 0.6) is 0 Å². The molecule has 1 saturated heterocycles. The van der Waals surface area contributed by atoms with Crippen LogP contribution in [-0.2, 0) is 9.59 Å². The Labute approximate surface area is 182 Å². The molecule has 1 aliphatic heterocycles. The van der Waals surface area contributed by atoms with Crippen molar-refractivity contribution in [3.8, 4) is 0 Å². The number of carbonyl (C=O) groups is 2. The van der Waals surface area contributed by atoms with Gasteiger partial charge in [0.15, 0.2) is 0 Å². The number of benzene rings is 1. The fourth-order valence-corrected chi connectivity index (χ4v) is 4.93. The van der Waals surface area contributed by atoms with E-state index in [1.54, 1.807) is 0 Å². The maximum absolute atomic E-state index is 12.7. The van der Waals surface area contributed by atoms with Crippen LogP contribution in [0.15, 0.2) is 24.3 Å². The van der Waals surface area contributed by atoms with Crippen LogP contribution in [0.4, 0.5) is 5.69 Å². The zero-order chi connectivity index (χ0) is 21.3. The molecule has 1 unspecified atom stereocenters. The number of hydrogen-bond acceptors (Lipinski definition) is 3. The highest BCUT2D eigenvalue weighted by molar-refractivity contribution is 5.89. The Kier molecular flexibility index (Phi) is 8.59. The minimum atomic E-state index is -0.179. The third-order valence-corrected chi connectivity index (χ3v) is 6.70. The molecule has 0 aromatic heterocycles. The molecule has 1 aromatic carbocycles. The topological polar surface area (TPSA) is 52.7 Å². The summed E-state index contributed by atoms with van der Waals surface area (Å²) in [4.78, 5) is 29.6. The van der Waals surface area contributed by atoms with E-state index in [1.165, 1.54) is 43.4 Å². The van der Waals surface area contributed by atoms with Crippen LogP contribution in [0.3, 0.4) is 0 Å². The van der Waals surface area contributed by atoms with Crippen molar-refractivity contribution in [2.75, 3.05) is 31.1 Å². The number of carbonyl (C=O) groups excluding carboxylic acids is 2. The van der Waals surface area contributed by atoms with E-state index in [4.69, 9.17) is 0 Å². The van der Waals surface area contributed by atoms with Gasteiger partial charge >= 0.3 is 0 Å². The van der Waals surface area contributed by atoms with Gasteiger partial charge in [-0.05, 0) is 50.8 Å². The standard InChI is InChI=1S/C25H39N3O2/c1-3-27(23-14-9-11-20(2)17-23)16-10-15-26-25(30)21-18-24(29)28(19-21)22-12-7-5-4-6-8-13-22/h9,11,14,17,21-22H,3-8,10,12-13,15-16,18-19H2,1-2H3,(H,26,30). The van der Waals surface area contributed by atoms with Gasteiger partial charge in [0.05, 0.1) is 5.92 Å². The summed E-state index contributed by atoms with van der Waals surface area (Å²) < 4.78 is 0. The van der Waals surface area contributed by atoms with E-state index in [0.29, 0.717) is 25.6 Å². The molecule has 1 aromatic rings. The second kappa shape index (κ2) is 11.4. The van der Waals surface area contributed by atoms with E-state index in [2.05, 4.69) is 48.3 Å². The minimum absolute atomic E-state index is 0.0512. The first-order valence-corrected chi connectivity index (χ1v) is 12.0. The Hall–Kier alpha value is -2.04. The molecule has 30 heavy (non-hydrogen) atoms. The van der Waals surface area contributed by atoms with Crippen LogP contribution in [-0.4, -0.2) is 48.9 Å². The lowest BCUT2D eigenvalue weighted by molar-refractivity contribution is -0.130. The summed E-state index contributed by atoms with van der Waals surface area (Å²) in [5.74, 6) is 0.0506. The Morgan fingerprint density at radius 3 is 2.60 bits per heavy atom. The number of hydrogen-bond donors (Lipinski definition) is 1. The summed E-state index contributed by atoms with van der Waals surface area (Å²) in [5, 5.41) is 3.09. The van der Waals surface area contributed by atoms with E-state index < -0.39 is 0 Å². The monoisotopic (exact) mass is 413 g/mol. The summed E-state index contributed by atoms with van der Waals surface area (Å²) in [6.45, 7) is 7.41. The average molecular weight is 414 g/mol. The van der Waals surface area contributed by atoms with Gasteiger partial charge in [0.1, 0.15) is 0 Å². The zero-order valence-corrected chi connectivity index (χ0v) is 18.9. The molecule has 3 rings (SSSR count).